The molecule has 194 valence electrons. The number of benzene rings is 2. The lowest BCUT2D eigenvalue weighted by atomic mass is 9.96. The van der Waals surface area contributed by atoms with Gasteiger partial charge in [0.05, 0.1) is 12.0 Å². The minimum absolute atomic E-state index is 0.0504. The maximum atomic E-state index is 13.4. The lowest BCUT2D eigenvalue weighted by Gasteiger charge is -2.42. The van der Waals surface area contributed by atoms with E-state index in [0.717, 1.165) is 0 Å². The number of aliphatic hydroxyl groups is 1. The lowest BCUT2D eigenvalue weighted by Crippen LogP contribution is -2.56. The molecule has 0 spiro atoms. The maximum absolute atomic E-state index is 13.4. The normalized spacial score (nSPS) is 19.9. The van der Waals surface area contributed by atoms with E-state index in [0.29, 0.717) is 62.6 Å². The molecule has 2 aromatic carbocycles. The molecule has 2 aromatic rings. The zero-order valence-corrected chi connectivity index (χ0v) is 21.2. The van der Waals surface area contributed by atoms with Gasteiger partial charge in [-0.25, -0.2) is 13.2 Å². The van der Waals surface area contributed by atoms with Gasteiger partial charge >= 0.3 is 6.03 Å². The van der Waals surface area contributed by atoms with Crippen LogP contribution in [0.2, 0.25) is 0 Å². The number of nitrogen functional groups attached to an aromatic ring is 1. The number of methoxy groups -OCH3 is 1. The third-order valence-electron chi connectivity index (χ3n) is 6.90. The molecule has 1 unspecified atom stereocenters. The molecule has 36 heavy (non-hydrogen) atoms. The molecule has 4 rings (SSSR count). The zero-order valence-electron chi connectivity index (χ0n) is 20.3. The van der Waals surface area contributed by atoms with Gasteiger partial charge < -0.3 is 20.5 Å². The maximum Gasteiger partial charge on any atom is 0.324 e. The summed E-state index contributed by atoms with van der Waals surface area (Å²) in [4.78, 5) is 17.0. The number of amides is 2. The zero-order chi connectivity index (χ0) is 25.9. The van der Waals surface area contributed by atoms with Crippen molar-refractivity contribution >= 4 is 27.6 Å². The van der Waals surface area contributed by atoms with Crippen LogP contribution in [-0.2, 0) is 10.0 Å². The lowest BCUT2D eigenvalue weighted by molar-refractivity contribution is 0.128. The van der Waals surface area contributed by atoms with Crippen molar-refractivity contribution in [3.63, 3.8) is 0 Å². The highest BCUT2D eigenvalue weighted by atomic mass is 32.2. The summed E-state index contributed by atoms with van der Waals surface area (Å²) >= 11 is 0. The minimum atomic E-state index is -3.59. The quantitative estimate of drug-likeness (QED) is 0.363. The summed E-state index contributed by atoms with van der Waals surface area (Å²) in [7, 11) is -2.06. The minimum Gasteiger partial charge on any atom is -0.497 e. The number of carbonyl (C=O) groups excluding carboxylic acids is 1. The third-order valence-corrected chi connectivity index (χ3v) is 8.81. The highest BCUT2D eigenvalue weighted by Gasteiger charge is 2.36. The average Bonchev–Trinajstić information content (AvgIpc) is 2.90. The number of nitrogens with two attached hydrogens (primary N) is 1. The molecular weight excluding hydrogens is 482 g/mol. The van der Waals surface area contributed by atoms with Crippen LogP contribution in [0.5, 0.6) is 5.75 Å². The summed E-state index contributed by atoms with van der Waals surface area (Å²) in [6.45, 7) is 2.04. The standard InChI is InChI=1S/C25H33N5O5S/c1-35-22-5-7-23(8-6-22)36(33,34)29-11-9-18(10-12-29)14-28-15-19(17-31)16-30(25(28)32)21-4-2-3-20(13-21)24(26)27/h2-8,13,18-19,31H,9-12,14-17H2,1H3,(H3,26,27). The van der Waals surface area contributed by atoms with Gasteiger partial charge in [-0.3, -0.25) is 10.3 Å². The summed E-state index contributed by atoms with van der Waals surface area (Å²) in [5.74, 6) is 0.564. The van der Waals surface area contributed by atoms with E-state index in [1.807, 2.05) is 0 Å². The molecule has 4 N–H and O–H groups in total. The summed E-state index contributed by atoms with van der Waals surface area (Å²) in [5.41, 5.74) is 6.79. The first kappa shape index (κ1) is 25.9. The van der Waals surface area contributed by atoms with E-state index < -0.39 is 10.0 Å². The van der Waals surface area contributed by atoms with Crippen LogP contribution in [0.25, 0.3) is 0 Å². The molecule has 11 heteroatoms. The number of nitrogens with zero attached hydrogens (tertiary/aromatic N) is 3. The Bertz CT molecular complexity index is 1200. The molecule has 2 fully saturated rings. The molecular formula is C25H33N5O5S. The van der Waals surface area contributed by atoms with Crippen molar-refractivity contribution in [3.05, 3.63) is 54.1 Å². The molecule has 0 saturated carbocycles. The fraction of sp³-hybridized carbons (Fsp3) is 0.440. The molecule has 2 heterocycles. The first-order chi connectivity index (χ1) is 17.2. The van der Waals surface area contributed by atoms with Gasteiger partial charge in [0, 0.05) is 56.5 Å². The van der Waals surface area contributed by atoms with Crippen molar-refractivity contribution in [2.75, 3.05) is 51.3 Å². The van der Waals surface area contributed by atoms with Crippen molar-refractivity contribution in [2.45, 2.75) is 17.7 Å². The molecule has 10 nitrogen and oxygen atoms in total. The number of hydrogen-bond acceptors (Lipinski definition) is 6. The predicted molar refractivity (Wildman–Crippen MR) is 137 cm³/mol. The van der Waals surface area contributed by atoms with Crippen LogP contribution >= 0.6 is 0 Å². The van der Waals surface area contributed by atoms with Crippen molar-refractivity contribution < 1.29 is 23.1 Å². The van der Waals surface area contributed by atoms with E-state index in [4.69, 9.17) is 15.9 Å². The Kier molecular flexibility index (Phi) is 7.82. The molecule has 0 aromatic heterocycles. The summed E-state index contributed by atoms with van der Waals surface area (Å²) in [5, 5.41) is 17.6. The number of aliphatic hydroxyl groups excluding tert-OH is 1. The number of amidine groups is 1. The van der Waals surface area contributed by atoms with Crippen LogP contribution in [0.3, 0.4) is 0 Å². The molecule has 1 atom stereocenters. The molecule has 2 saturated heterocycles. The predicted octanol–water partition coefficient (Wildman–Crippen LogP) is 1.93. The van der Waals surface area contributed by atoms with Gasteiger partial charge in [-0.05, 0) is 55.2 Å². The number of anilines is 1. The molecule has 0 aliphatic carbocycles. The summed E-state index contributed by atoms with van der Waals surface area (Å²) < 4.78 is 32.7. The number of ether oxygens (including phenoxy) is 1. The van der Waals surface area contributed by atoms with Gasteiger partial charge in [0.25, 0.3) is 0 Å². The fourth-order valence-corrected chi connectivity index (χ4v) is 6.29. The number of carbonyl (C=O) groups is 1. The first-order valence-corrected chi connectivity index (χ1v) is 13.4. The Morgan fingerprint density at radius 1 is 1.11 bits per heavy atom. The van der Waals surface area contributed by atoms with E-state index in [9.17, 15) is 18.3 Å². The van der Waals surface area contributed by atoms with Gasteiger partial charge in [-0.1, -0.05) is 12.1 Å². The van der Waals surface area contributed by atoms with Crippen LogP contribution in [0.15, 0.2) is 53.4 Å². The highest BCUT2D eigenvalue weighted by Crippen LogP contribution is 2.28. The largest absolute Gasteiger partial charge is 0.497 e. The van der Waals surface area contributed by atoms with Gasteiger partial charge in [0.2, 0.25) is 10.0 Å². The molecule has 2 aliphatic heterocycles. The number of nitrogens with one attached hydrogen (secondary N) is 1. The van der Waals surface area contributed by atoms with Crippen molar-refractivity contribution in [1.82, 2.24) is 9.21 Å². The summed E-state index contributed by atoms with van der Waals surface area (Å²) in [6, 6.07) is 13.2. The highest BCUT2D eigenvalue weighted by molar-refractivity contribution is 7.89. The molecule has 0 bridgehead atoms. The van der Waals surface area contributed by atoms with Crippen molar-refractivity contribution in [1.29, 1.82) is 5.41 Å². The Morgan fingerprint density at radius 2 is 1.81 bits per heavy atom. The Balaban J connectivity index is 1.41. The third kappa shape index (κ3) is 5.48. The second-order valence-corrected chi connectivity index (χ2v) is 11.3. The topological polar surface area (TPSA) is 140 Å². The number of rotatable bonds is 8. The van der Waals surface area contributed by atoms with Crippen molar-refractivity contribution in [3.8, 4) is 5.75 Å². The molecule has 2 aliphatic rings. The van der Waals surface area contributed by atoms with Gasteiger partial charge in [-0.2, -0.15) is 4.31 Å². The van der Waals surface area contributed by atoms with E-state index >= 15 is 0 Å². The Hall–Kier alpha value is -3.15. The molecule has 0 radical (unpaired) electrons. The van der Waals surface area contributed by atoms with Crippen molar-refractivity contribution in [2.24, 2.45) is 17.6 Å². The second kappa shape index (κ2) is 10.9. The van der Waals surface area contributed by atoms with E-state index in [-0.39, 0.29) is 35.2 Å². The number of sulfonamides is 1. The van der Waals surface area contributed by atoms with Crippen LogP contribution in [0.1, 0.15) is 18.4 Å². The number of urea groups is 1. The SMILES string of the molecule is COc1ccc(S(=O)(=O)N2CCC(CN3CC(CO)CN(c4cccc(C(=N)N)c4)C3=O)CC2)cc1. The smallest absolute Gasteiger partial charge is 0.324 e. The molecule has 2 amide bonds. The van der Waals surface area contributed by atoms with Crippen LogP contribution in [-0.4, -0.2) is 81.0 Å². The van der Waals surface area contributed by atoms with E-state index in [2.05, 4.69) is 0 Å². The van der Waals surface area contributed by atoms with E-state index in [1.165, 1.54) is 11.4 Å². The number of piperidine rings is 1. The van der Waals surface area contributed by atoms with Gasteiger partial charge in [0.15, 0.2) is 0 Å². The average molecular weight is 516 g/mol. The van der Waals surface area contributed by atoms with Crippen LogP contribution in [0.4, 0.5) is 10.5 Å². The van der Waals surface area contributed by atoms with E-state index in [1.54, 1.807) is 58.3 Å². The van der Waals surface area contributed by atoms with Gasteiger partial charge in [-0.15, -0.1) is 0 Å². The Morgan fingerprint density at radius 3 is 2.42 bits per heavy atom. The Labute approximate surface area is 211 Å². The van der Waals surface area contributed by atoms with Crippen LogP contribution < -0.4 is 15.4 Å². The number of hydrogen-bond donors (Lipinski definition) is 3. The second-order valence-electron chi connectivity index (χ2n) is 9.33. The fourth-order valence-electron chi connectivity index (χ4n) is 4.82. The van der Waals surface area contributed by atoms with Gasteiger partial charge in [0.1, 0.15) is 11.6 Å². The summed E-state index contributed by atoms with van der Waals surface area (Å²) in [6.07, 6.45) is 1.28. The van der Waals surface area contributed by atoms with Crippen LogP contribution in [0, 0.1) is 17.2 Å². The monoisotopic (exact) mass is 515 g/mol. The first-order valence-electron chi connectivity index (χ1n) is 12.0.